The van der Waals surface area contributed by atoms with Gasteiger partial charge in [0.1, 0.15) is 11.3 Å². The molecule has 1 amide bonds. The Morgan fingerprint density at radius 3 is 2.61 bits per heavy atom. The smallest absolute Gasteiger partial charge is 0.260 e. The molecule has 2 aromatic carbocycles. The number of rotatable bonds is 6. The minimum atomic E-state index is -3.80. The lowest BCUT2D eigenvalue weighted by Crippen LogP contribution is -2.13. The molecule has 7 nitrogen and oxygen atoms in total. The van der Waals surface area contributed by atoms with Gasteiger partial charge in [0.05, 0.1) is 22.3 Å². The van der Waals surface area contributed by atoms with Gasteiger partial charge in [-0.3, -0.25) is 9.52 Å². The predicted molar refractivity (Wildman–Crippen MR) is 109 cm³/mol. The summed E-state index contributed by atoms with van der Waals surface area (Å²) in [4.78, 5) is 12.2. The molecule has 0 aliphatic heterocycles. The molecule has 9 heteroatoms. The Bertz CT molecular complexity index is 1130. The number of carbonyl (C=O) groups excluding carboxylic acids is 1. The van der Waals surface area contributed by atoms with Crippen molar-refractivity contribution in [3.05, 3.63) is 82.0 Å². The number of aryl methyl sites for hydroxylation is 1. The number of anilines is 2. The molecule has 3 aromatic rings. The first-order chi connectivity index (χ1) is 13.3. The number of nitrogens with zero attached hydrogens (tertiary/aromatic N) is 1. The molecule has 144 valence electrons. The number of halogens is 1. The normalized spacial score (nSPS) is 11.5. The molecule has 0 bridgehead atoms. The number of nitrogens with one attached hydrogen (secondary N) is 2. The number of hydrogen-bond donors (Lipinski definition) is 2. The molecule has 0 aliphatic rings. The highest BCUT2D eigenvalue weighted by Gasteiger charge is 2.15. The van der Waals surface area contributed by atoms with Crippen molar-refractivity contribution in [1.82, 2.24) is 5.16 Å². The van der Waals surface area contributed by atoms with Crippen molar-refractivity contribution in [1.29, 1.82) is 0 Å². The Balaban J connectivity index is 1.77. The average Bonchev–Trinajstić information content (AvgIpc) is 3.10. The maximum Gasteiger partial charge on any atom is 0.260 e. The van der Waals surface area contributed by atoms with E-state index in [0.29, 0.717) is 11.4 Å². The molecular formula is C19H16ClN3O4S. The summed E-state index contributed by atoms with van der Waals surface area (Å²) in [5.74, 6) is -0.0581. The van der Waals surface area contributed by atoms with Crippen LogP contribution in [0.1, 0.15) is 21.7 Å². The van der Waals surface area contributed by atoms with E-state index in [-0.39, 0.29) is 16.3 Å². The van der Waals surface area contributed by atoms with E-state index >= 15 is 0 Å². The molecule has 28 heavy (non-hydrogen) atoms. The molecule has 1 heterocycles. The van der Waals surface area contributed by atoms with E-state index < -0.39 is 15.9 Å². The molecule has 2 N–H and O–H groups in total. The van der Waals surface area contributed by atoms with Gasteiger partial charge in [-0.2, -0.15) is 0 Å². The lowest BCUT2D eigenvalue weighted by atomic mass is 10.2. The standard InChI is InChI=1S/C19H16ClN3O4S/c1-13-16(12-21-27-13)19(24)22-15-7-8-17(20)18(11-15)23-28(25,26)10-9-14-5-3-2-4-6-14/h2-12,23H,1H3,(H,22,24). The second-order valence-electron chi connectivity index (χ2n) is 5.80. The Labute approximate surface area is 167 Å². The van der Waals surface area contributed by atoms with Crippen LogP contribution in [0.25, 0.3) is 6.08 Å². The lowest BCUT2D eigenvalue weighted by molar-refractivity contribution is 0.102. The van der Waals surface area contributed by atoms with Crippen molar-refractivity contribution in [2.24, 2.45) is 0 Å². The fraction of sp³-hybridized carbons (Fsp3) is 0.0526. The number of hydrogen-bond acceptors (Lipinski definition) is 5. The molecule has 0 aliphatic carbocycles. The molecular weight excluding hydrogens is 402 g/mol. The fourth-order valence-corrected chi connectivity index (χ4v) is 3.42. The van der Waals surface area contributed by atoms with Crippen molar-refractivity contribution in [2.45, 2.75) is 6.92 Å². The van der Waals surface area contributed by atoms with E-state index in [2.05, 4.69) is 15.2 Å². The van der Waals surface area contributed by atoms with Crippen LogP contribution in [0.5, 0.6) is 0 Å². The largest absolute Gasteiger partial charge is 0.361 e. The first-order valence-electron chi connectivity index (χ1n) is 8.12. The van der Waals surface area contributed by atoms with Crippen LogP contribution in [0.3, 0.4) is 0 Å². The lowest BCUT2D eigenvalue weighted by Gasteiger charge is -2.10. The molecule has 0 unspecified atom stereocenters. The zero-order valence-electron chi connectivity index (χ0n) is 14.7. The van der Waals surface area contributed by atoms with Crippen LogP contribution in [0.2, 0.25) is 5.02 Å². The number of sulfonamides is 1. The summed E-state index contributed by atoms with van der Waals surface area (Å²) in [5, 5.41) is 7.44. The van der Waals surface area contributed by atoms with Crippen LogP contribution in [-0.2, 0) is 10.0 Å². The van der Waals surface area contributed by atoms with Crippen molar-refractivity contribution in [3.8, 4) is 0 Å². The van der Waals surface area contributed by atoms with E-state index in [4.69, 9.17) is 16.1 Å². The topological polar surface area (TPSA) is 101 Å². The minimum Gasteiger partial charge on any atom is -0.361 e. The van der Waals surface area contributed by atoms with Gasteiger partial charge in [0.2, 0.25) is 0 Å². The van der Waals surface area contributed by atoms with Crippen molar-refractivity contribution in [2.75, 3.05) is 10.0 Å². The van der Waals surface area contributed by atoms with E-state index in [9.17, 15) is 13.2 Å². The van der Waals surface area contributed by atoms with Crippen molar-refractivity contribution < 1.29 is 17.7 Å². The highest BCUT2D eigenvalue weighted by Crippen LogP contribution is 2.27. The van der Waals surface area contributed by atoms with Crippen LogP contribution in [0.4, 0.5) is 11.4 Å². The molecule has 0 spiro atoms. The summed E-state index contributed by atoms with van der Waals surface area (Å²) in [5.41, 5.74) is 1.52. The molecule has 0 atom stereocenters. The van der Waals surface area contributed by atoms with E-state index in [1.165, 1.54) is 24.4 Å². The summed E-state index contributed by atoms with van der Waals surface area (Å²) in [6.07, 6.45) is 2.77. The maximum absolute atomic E-state index is 12.3. The van der Waals surface area contributed by atoms with Gasteiger partial charge in [-0.05, 0) is 36.8 Å². The third-order valence-corrected chi connectivity index (χ3v) is 5.04. The van der Waals surface area contributed by atoms with Crippen LogP contribution < -0.4 is 10.0 Å². The van der Waals surface area contributed by atoms with E-state index in [1.807, 2.05) is 6.07 Å². The van der Waals surface area contributed by atoms with Gasteiger partial charge in [0.15, 0.2) is 0 Å². The first kappa shape index (κ1) is 19.7. The van der Waals surface area contributed by atoms with Gasteiger partial charge >= 0.3 is 0 Å². The summed E-state index contributed by atoms with van der Waals surface area (Å²) in [7, 11) is -3.80. The molecule has 0 radical (unpaired) electrons. The zero-order valence-corrected chi connectivity index (χ0v) is 16.3. The highest BCUT2D eigenvalue weighted by molar-refractivity contribution is 7.95. The summed E-state index contributed by atoms with van der Waals surface area (Å²) in [6.45, 7) is 1.61. The van der Waals surface area contributed by atoms with Gasteiger partial charge in [0.25, 0.3) is 15.9 Å². The quantitative estimate of drug-likeness (QED) is 0.622. The Kier molecular flexibility index (Phi) is 5.81. The minimum absolute atomic E-state index is 0.138. The Morgan fingerprint density at radius 2 is 1.93 bits per heavy atom. The van der Waals surface area contributed by atoms with Crippen LogP contribution in [0.15, 0.2) is 64.7 Å². The monoisotopic (exact) mass is 417 g/mol. The maximum atomic E-state index is 12.3. The van der Waals surface area contributed by atoms with Crippen molar-refractivity contribution >= 4 is 45.0 Å². The number of aromatic nitrogens is 1. The number of amides is 1. The second kappa shape index (κ2) is 8.28. The summed E-state index contributed by atoms with van der Waals surface area (Å²) in [6, 6.07) is 13.5. The van der Waals surface area contributed by atoms with Gasteiger partial charge in [-0.1, -0.05) is 47.1 Å². The van der Waals surface area contributed by atoms with Gasteiger partial charge in [-0.15, -0.1) is 0 Å². The van der Waals surface area contributed by atoms with Gasteiger partial charge in [-0.25, -0.2) is 8.42 Å². The Morgan fingerprint density at radius 1 is 1.18 bits per heavy atom. The van der Waals surface area contributed by atoms with Crippen molar-refractivity contribution in [3.63, 3.8) is 0 Å². The molecule has 0 saturated carbocycles. The van der Waals surface area contributed by atoms with Gasteiger partial charge in [0, 0.05) is 5.69 Å². The molecule has 3 rings (SSSR count). The Hall–Kier alpha value is -3.10. The first-order valence-corrected chi connectivity index (χ1v) is 10.0. The summed E-state index contributed by atoms with van der Waals surface area (Å²) < 4.78 is 31.9. The second-order valence-corrected chi connectivity index (χ2v) is 7.78. The summed E-state index contributed by atoms with van der Waals surface area (Å²) >= 11 is 6.09. The van der Waals surface area contributed by atoms with Crippen LogP contribution in [-0.4, -0.2) is 19.5 Å². The van der Waals surface area contributed by atoms with Crippen LogP contribution >= 0.6 is 11.6 Å². The predicted octanol–water partition coefficient (Wildman–Crippen LogP) is 4.30. The van der Waals surface area contributed by atoms with Crippen LogP contribution in [0, 0.1) is 6.92 Å². The number of benzene rings is 2. The SMILES string of the molecule is Cc1oncc1C(=O)Nc1ccc(Cl)c(NS(=O)(=O)C=Cc2ccccc2)c1. The zero-order chi connectivity index (χ0) is 20.1. The van der Waals surface area contributed by atoms with Gasteiger partial charge < -0.3 is 9.84 Å². The third kappa shape index (κ3) is 4.99. The average molecular weight is 418 g/mol. The highest BCUT2D eigenvalue weighted by atomic mass is 35.5. The van der Waals surface area contributed by atoms with E-state index in [0.717, 1.165) is 11.0 Å². The molecule has 1 aromatic heterocycles. The van der Waals surface area contributed by atoms with E-state index in [1.54, 1.807) is 37.3 Å². The number of carbonyl (C=O) groups is 1. The molecule has 0 saturated heterocycles. The third-order valence-electron chi connectivity index (χ3n) is 3.71. The molecule has 0 fully saturated rings. The fourth-order valence-electron chi connectivity index (χ4n) is 2.32.